The summed E-state index contributed by atoms with van der Waals surface area (Å²) >= 11 is 5.81. The largest absolute Gasteiger partial charge is 0.416 e. The Bertz CT molecular complexity index is 675. The molecule has 0 radical (unpaired) electrons. The molecule has 102 valence electrons. The molecule has 0 fully saturated rings. The Hall–Kier alpha value is -2.19. The first kappa shape index (κ1) is 14.2. The molecule has 0 aromatic heterocycles. The van der Waals surface area contributed by atoms with Crippen molar-refractivity contribution in [3.05, 3.63) is 58.6 Å². The van der Waals surface area contributed by atoms with E-state index in [4.69, 9.17) is 16.9 Å². The molecule has 0 unspecified atom stereocenters. The van der Waals surface area contributed by atoms with Crippen molar-refractivity contribution in [1.82, 2.24) is 0 Å². The zero-order chi connectivity index (χ0) is 14.8. The molecule has 2 aromatic carbocycles. The topological polar surface area (TPSA) is 35.8 Å². The van der Waals surface area contributed by atoms with Crippen LogP contribution < -0.4 is 5.32 Å². The van der Waals surface area contributed by atoms with E-state index in [-0.39, 0.29) is 5.69 Å². The third-order valence-corrected chi connectivity index (χ3v) is 2.81. The highest BCUT2D eigenvalue weighted by molar-refractivity contribution is 6.30. The third kappa shape index (κ3) is 3.22. The van der Waals surface area contributed by atoms with Gasteiger partial charge in [-0.3, -0.25) is 0 Å². The molecule has 2 nitrogen and oxygen atoms in total. The monoisotopic (exact) mass is 296 g/mol. The van der Waals surface area contributed by atoms with Crippen LogP contribution in [0.3, 0.4) is 0 Å². The number of alkyl halides is 3. The Morgan fingerprint density at radius 1 is 1.10 bits per heavy atom. The average Bonchev–Trinajstić information content (AvgIpc) is 2.38. The van der Waals surface area contributed by atoms with E-state index in [9.17, 15) is 13.2 Å². The van der Waals surface area contributed by atoms with Crippen molar-refractivity contribution in [3.8, 4) is 6.07 Å². The minimum atomic E-state index is -4.41. The first-order chi connectivity index (χ1) is 9.40. The molecule has 0 heterocycles. The van der Waals surface area contributed by atoms with Crippen LogP contribution in [0.15, 0.2) is 42.5 Å². The first-order valence-corrected chi connectivity index (χ1v) is 5.92. The molecule has 0 aliphatic carbocycles. The Morgan fingerprint density at radius 2 is 1.85 bits per heavy atom. The summed E-state index contributed by atoms with van der Waals surface area (Å²) in [4.78, 5) is 0. The number of anilines is 2. The van der Waals surface area contributed by atoms with E-state index in [1.54, 1.807) is 0 Å². The lowest BCUT2D eigenvalue weighted by molar-refractivity contribution is -0.137. The quantitative estimate of drug-likeness (QED) is 0.849. The van der Waals surface area contributed by atoms with Crippen LogP contribution in [0.25, 0.3) is 0 Å². The highest BCUT2D eigenvalue weighted by Gasteiger charge is 2.30. The first-order valence-electron chi connectivity index (χ1n) is 5.54. The van der Waals surface area contributed by atoms with E-state index >= 15 is 0 Å². The summed E-state index contributed by atoms with van der Waals surface area (Å²) < 4.78 is 37.8. The number of nitrogens with zero attached hydrogens (tertiary/aromatic N) is 1. The standard InChI is InChI=1S/C14H8ClF3N2/c15-11-5-4-9(8-19)13(7-11)20-12-3-1-2-10(6-12)14(16,17)18/h1-7,20H. The molecule has 0 spiro atoms. The fourth-order valence-electron chi connectivity index (χ4n) is 1.65. The summed E-state index contributed by atoms with van der Waals surface area (Å²) in [7, 11) is 0. The van der Waals surface area contributed by atoms with Crippen molar-refractivity contribution in [2.45, 2.75) is 6.18 Å². The molecule has 0 aliphatic rings. The van der Waals surface area contributed by atoms with Crippen molar-refractivity contribution < 1.29 is 13.2 Å². The number of hydrogen-bond donors (Lipinski definition) is 1. The molecule has 6 heteroatoms. The Morgan fingerprint density at radius 3 is 2.50 bits per heavy atom. The maximum absolute atomic E-state index is 12.6. The van der Waals surface area contributed by atoms with Crippen LogP contribution in [0, 0.1) is 11.3 Å². The van der Waals surface area contributed by atoms with Crippen LogP contribution >= 0.6 is 11.6 Å². The molecule has 0 saturated carbocycles. The number of rotatable bonds is 2. The van der Waals surface area contributed by atoms with E-state index in [1.807, 2.05) is 6.07 Å². The van der Waals surface area contributed by atoms with Crippen LogP contribution in [0.5, 0.6) is 0 Å². The van der Waals surface area contributed by atoms with E-state index in [0.29, 0.717) is 16.3 Å². The summed E-state index contributed by atoms with van der Waals surface area (Å²) in [5, 5.41) is 12.1. The average molecular weight is 297 g/mol. The number of benzene rings is 2. The zero-order valence-electron chi connectivity index (χ0n) is 10.0. The predicted octanol–water partition coefficient (Wildman–Crippen LogP) is 4.97. The van der Waals surface area contributed by atoms with Crippen molar-refractivity contribution >= 4 is 23.0 Å². The smallest absolute Gasteiger partial charge is 0.354 e. The molecule has 0 atom stereocenters. The van der Waals surface area contributed by atoms with Crippen LogP contribution in [-0.2, 0) is 6.18 Å². The Kier molecular flexibility index (Phi) is 3.86. The molecule has 0 bridgehead atoms. The van der Waals surface area contributed by atoms with Gasteiger partial charge in [-0.25, -0.2) is 0 Å². The summed E-state index contributed by atoms with van der Waals surface area (Å²) in [6.07, 6.45) is -4.41. The van der Waals surface area contributed by atoms with Crippen molar-refractivity contribution in [1.29, 1.82) is 5.26 Å². The summed E-state index contributed by atoms with van der Waals surface area (Å²) in [5.74, 6) is 0. The van der Waals surface area contributed by atoms with Gasteiger partial charge in [-0.2, -0.15) is 18.4 Å². The molecule has 0 saturated heterocycles. The number of nitrogens with one attached hydrogen (secondary N) is 1. The van der Waals surface area contributed by atoms with Crippen LogP contribution in [0.2, 0.25) is 5.02 Å². The van der Waals surface area contributed by atoms with Gasteiger partial charge in [0.15, 0.2) is 0 Å². The summed E-state index contributed by atoms with van der Waals surface area (Å²) in [6, 6.07) is 11.2. The lowest BCUT2D eigenvalue weighted by Gasteiger charge is -2.11. The second-order valence-corrected chi connectivity index (χ2v) is 4.44. The van der Waals surface area contributed by atoms with E-state index in [1.165, 1.54) is 30.3 Å². The number of halogens is 4. The highest BCUT2D eigenvalue weighted by atomic mass is 35.5. The van der Waals surface area contributed by atoms with Crippen LogP contribution in [0.4, 0.5) is 24.5 Å². The molecule has 20 heavy (non-hydrogen) atoms. The van der Waals surface area contributed by atoms with Gasteiger partial charge < -0.3 is 5.32 Å². The molecule has 1 N–H and O–H groups in total. The lowest BCUT2D eigenvalue weighted by atomic mass is 10.1. The normalized spacial score (nSPS) is 10.9. The van der Waals surface area contributed by atoms with Gasteiger partial charge in [-0.05, 0) is 36.4 Å². The maximum atomic E-state index is 12.6. The van der Waals surface area contributed by atoms with E-state index in [2.05, 4.69) is 5.32 Å². The number of hydrogen-bond acceptors (Lipinski definition) is 2. The second-order valence-electron chi connectivity index (χ2n) is 4.01. The molecular weight excluding hydrogens is 289 g/mol. The highest BCUT2D eigenvalue weighted by Crippen LogP contribution is 2.32. The van der Waals surface area contributed by atoms with Gasteiger partial charge in [-0.1, -0.05) is 17.7 Å². The summed E-state index contributed by atoms with van der Waals surface area (Å²) in [6.45, 7) is 0. The Labute approximate surface area is 118 Å². The van der Waals surface area contributed by atoms with Crippen molar-refractivity contribution in [2.75, 3.05) is 5.32 Å². The van der Waals surface area contributed by atoms with Crippen LogP contribution in [-0.4, -0.2) is 0 Å². The van der Waals surface area contributed by atoms with Gasteiger partial charge in [0.2, 0.25) is 0 Å². The maximum Gasteiger partial charge on any atom is 0.416 e. The minimum absolute atomic E-state index is 0.235. The van der Waals surface area contributed by atoms with Crippen molar-refractivity contribution in [3.63, 3.8) is 0 Å². The molecular formula is C14H8ClF3N2. The Balaban J connectivity index is 2.36. The van der Waals surface area contributed by atoms with Gasteiger partial charge in [0.05, 0.1) is 16.8 Å². The predicted molar refractivity (Wildman–Crippen MR) is 70.9 cm³/mol. The van der Waals surface area contributed by atoms with E-state index in [0.717, 1.165) is 12.1 Å². The van der Waals surface area contributed by atoms with Gasteiger partial charge in [0.25, 0.3) is 0 Å². The number of nitriles is 1. The van der Waals surface area contributed by atoms with Gasteiger partial charge >= 0.3 is 6.18 Å². The second kappa shape index (κ2) is 5.43. The van der Waals surface area contributed by atoms with Gasteiger partial charge in [0, 0.05) is 10.7 Å². The fraction of sp³-hybridized carbons (Fsp3) is 0.0714. The molecule has 0 amide bonds. The fourth-order valence-corrected chi connectivity index (χ4v) is 1.82. The van der Waals surface area contributed by atoms with E-state index < -0.39 is 11.7 Å². The summed E-state index contributed by atoms with van der Waals surface area (Å²) in [5.41, 5.74) is 0.132. The third-order valence-electron chi connectivity index (χ3n) is 2.57. The van der Waals surface area contributed by atoms with Crippen molar-refractivity contribution in [2.24, 2.45) is 0 Å². The minimum Gasteiger partial charge on any atom is -0.354 e. The van der Waals surface area contributed by atoms with Gasteiger partial charge in [0.1, 0.15) is 6.07 Å². The SMILES string of the molecule is N#Cc1ccc(Cl)cc1Nc1cccc(C(F)(F)F)c1. The van der Waals surface area contributed by atoms with Crippen LogP contribution in [0.1, 0.15) is 11.1 Å². The molecule has 2 rings (SSSR count). The lowest BCUT2D eigenvalue weighted by Crippen LogP contribution is -2.05. The van der Waals surface area contributed by atoms with Gasteiger partial charge in [-0.15, -0.1) is 0 Å². The molecule has 0 aliphatic heterocycles. The zero-order valence-corrected chi connectivity index (χ0v) is 10.8. The molecule has 2 aromatic rings.